The summed E-state index contributed by atoms with van der Waals surface area (Å²) >= 11 is 0. The maximum absolute atomic E-state index is 5.85. The molecular formula is C33H30INO4. The number of hydrogen-bond donors (Lipinski definition) is 0. The van der Waals surface area contributed by atoms with Crippen LogP contribution in [0.25, 0.3) is 44.3 Å². The van der Waals surface area contributed by atoms with Crippen molar-refractivity contribution in [2.45, 2.75) is 19.9 Å². The van der Waals surface area contributed by atoms with Crippen LogP contribution in [0, 0.1) is 0 Å². The fourth-order valence-corrected chi connectivity index (χ4v) is 5.11. The third kappa shape index (κ3) is 5.01. The van der Waals surface area contributed by atoms with Gasteiger partial charge >= 0.3 is 0 Å². The summed E-state index contributed by atoms with van der Waals surface area (Å²) < 4.78 is 25.3. The quantitative estimate of drug-likeness (QED) is 0.205. The highest BCUT2D eigenvalue weighted by Gasteiger charge is 2.23. The molecule has 0 fully saturated rings. The first-order valence-corrected chi connectivity index (χ1v) is 12.8. The highest BCUT2D eigenvalue weighted by Crippen LogP contribution is 2.43. The minimum atomic E-state index is 0. The summed E-state index contributed by atoms with van der Waals surface area (Å²) in [7, 11) is 3.37. The predicted octanol–water partition coefficient (Wildman–Crippen LogP) is 4.46. The summed E-state index contributed by atoms with van der Waals surface area (Å²) in [6.07, 6.45) is 2.19. The number of ether oxygens (including phenoxy) is 4. The van der Waals surface area contributed by atoms with Gasteiger partial charge in [0.1, 0.15) is 0 Å². The molecule has 1 aliphatic rings. The lowest BCUT2D eigenvalue weighted by atomic mass is 9.95. The van der Waals surface area contributed by atoms with E-state index < -0.39 is 0 Å². The molecule has 0 N–H and O–H groups in total. The second-order valence-electron chi connectivity index (χ2n) is 9.70. The van der Waals surface area contributed by atoms with Crippen molar-refractivity contribution in [3.63, 3.8) is 0 Å². The molecule has 6 heteroatoms. The first-order valence-electron chi connectivity index (χ1n) is 12.8. The molecule has 0 saturated carbocycles. The normalized spacial score (nSPS) is 11.9. The Hall–Kier alpha value is -3.78. The van der Waals surface area contributed by atoms with E-state index in [4.69, 9.17) is 18.9 Å². The van der Waals surface area contributed by atoms with E-state index >= 15 is 0 Å². The number of halogens is 1. The Morgan fingerprint density at radius 2 is 1.36 bits per heavy atom. The van der Waals surface area contributed by atoms with E-state index in [0.29, 0.717) is 11.5 Å². The number of rotatable bonds is 6. The average molecular weight is 632 g/mol. The van der Waals surface area contributed by atoms with Crippen LogP contribution in [0.1, 0.15) is 19.9 Å². The molecule has 0 bridgehead atoms. The van der Waals surface area contributed by atoms with Gasteiger partial charge in [-0.1, -0.05) is 54.6 Å². The molecule has 2 heterocycles. The monoisotopic (exact) mass is 631 g/mol. The van der Waals surface area contributed by atoms with Crippen LogP contribution in [0.5, 0.6) is 23.0 Å². The zero-order valence-corrected chi connectivity index (χ0v) is 24.6. The topological polar surface area (TPSA) is 40.8 Å². The van der Waals surface area contributed by atoms with Crippen molar-refractivity contribution in [3.05, 3.63) is 91.1 Å². The van der Waals surface area contributed by atoms with Gasteiger partial charge in [-0.15, -0.1) is 0 Å². The Morgan fingerprint density at radius 3 is 2.03 bits per heavy atom. The van der Waals surface area contributed by atoms with Gasteiger partial charge in [-0.05, 0) is 60.4 Å². The standard InChI is InChI=1S/C33H30NO4.HI/c1-21(2)34-19-27(14-26-17-30-31(18-29(26)34)38-20-37-30)25-15-28(33(36-4)32(16-25)35-3)24-12-10-23(11-13-24)22-8-6-5-7-9-22;/h5-19,21H,20H2,1-4H3;1H/q+1;/p-1. The number of benzene rings is 4. The third-order valence-corrected chi connectivity index (χ3v) is 7.06. The van der Waals surface area contributed by atoms with E-state index in [1.165, 1.54) is 11.1 Å². The van der Waals surface area contributed by atoms with E-state index in [2.05, 4.69) is 97.4 Å². The number of fused-ring (bicyclic) bond motifs is 2. The lowest BCUT2D eigenvalue weighted by Crippen LogP contribution is -3.00. The van der Waals surface area contributed by atoms with Crippen LogP contribution in [0.15, 0.2) is 91.1 Å². The van der Waals surface area contributed by atoms with Crippen molar-refractivity contribution in [2.75, 3.05) is 21.0 Å². The molecule has 0 spiro atoms. The van der Waals surface area contributed by atoms with Gasteiger partial charge in [-0.2, -0.15) is 4.57 Å². The summed E-state index contributed by atoms with van der Waals surface area (Å²) in [6.45, 7) is 4.62. The number of methoxy groups -OCH3 is 2. The van der Waals surface area contributed by atoms with Crippen LogP contribution < -0.4 is 47.5 Å². The fraction of sp³-hybridized carbons (Fsp3) is 0.182. The van der Waals surface area contributed by atoms with Gasteiger partial charge in [0, 0.05) is 11.1 Å². The van der Waals surface area contributed by atoms with Gasteiger partial charge in [0.15, 0.2) is 35.2 Å². The maximum Gasteiger partial charge on any atom is 0.231 e. The fourth-order valence-electron chi connectivity index (χ4n) is 5.11. The van der Waals surface area contributed by atoms with E-state index in [9.17, 15) is 0 Å². The molecule has 0 radical (unpaired) electrons. The summed E-state index contributed by atoms with van der Waals surface area (Å²) in [5, 5.41) is 1.09. The molecule has 4 aromatic carbocycles. The van der Waals surface area contributed by atoms with Crippen molar-refractivity contribution in [1.29, 1.82) is 0 Å². The first-order chi connectivity index (χ1) is 18.6. The number of nitrogens with zero attached hydrogens (tertiary/aromatic N) is 1. The van der Waals surface area contributed by atoms with Crippen LogP contribution in [-0.4, -0.2) is 21.0 Å². The Labute approximate surface area is 245 Å². The zero-order chi connectivity index (χ0) is 26.2. The van der Waals surface area contributed by atoms with Gasteiger partial charge in [-0.3, -0.25) is 0 Å². The molecule has 1 aliphatic heterocycles. The second-order valence-corrected chi connectivity index (χ2v) is 9.70. The lowest BCUT2D eigenvalue weighted by molar-refractivity contribution is -0.690. The first kappa shape index (κ1) is 26.8. The Bertz CT molecular complexity index is 1630. The molecule has 6 rings (SSSR count). The predicted molar refractivity (Wildman–Crippen MR) is 150 cm³/mol. The highest BCUT2D eigenvalue weighted by atomic mass is 127. The lowest BCUT2D eigenvalue weighted by Gasteiger charge is -2.16. The molecule has 198 valence electrons. The molecule has 39 heavy (non-hydrogen) atoms. The van der Waals surface area contributed by atoms with E-state index in [-0.39, 0.29) is 36.8 Å². The molecule has 0 atom stereocenters. The van der Waals surface area contributed by atoms with Crippen LogP contribution in [0.2, 0.25) is 0 Å². The second kappa shape index (κ2) is 11.1. The van der Waals surface area contributed by atoms with Gasteiger partial charge in [0.25, 0.3) is 0 Å². The van der Waals surface area contributed by atoms with Gasteiger partial charge < -0.3 is 42.9 Å². The van der Waals surface area contributed by atoms with E-state index in [0.717, 1.165) is 44.7 Å². The molecule has 0 unspecified atom stereocenters. The minimum absolute atomic E-state index is 0. The zero-order valence-electron chi connectivity index (χ0n) is 22.4. The van der Waals surface area contributed by atoms with Crippen molar-refractivity contribution in [3.8, 4) is 56.4 Å². The third-order valence-electron chi connectivity index (χ3n) is 7.06. The molecule has 5 aromatic rings. The minimum Gasteiger partial charge on any atom is -1.00 e. The summed E-state index contributed by atoms with van der Waals surface area (Å²) in [5.74, 6) is 2.96. The Balaban J connectivity index is 0.00000308. The largest absolute Gasteiger partial charge is 1.00 e. The van der Waals surface area contributed by atoms with Crippen molar-refractivity contribution < 1.29 is 47.5 Å². The van der Waals surface area contributed by atoms with Crippen LogP contribution in [0.4, 0.5) is 0 Å². The van der Waals surface area contributed by atoms with Crippen LogP contribution in [0.3, 0.4) is 0 Å². The molecule has 1 aromatic heterocycles. The average Bonchev–Trinajstić information content (AvgIpc) is 3.42. The van der Waals surface area contributed by atoms with Crippen molar-refractivity contribution in [2.24, 2.45) is 0 Å². The number of hydrogen-bond acceptors (Lipinski definition) is 4. The van der Waals surface area contributed by atoms with Crippen molar-refractivity contribution >= 4 is 10.9 Å². The van der Waals surface area contributed by atoms with Crippen LogP contribution >= 0.6 is 0 Å². The Kier molecular flexibility index (Phi) is 7.66. The van der Waals surface area contributed by atoms with E-state index in [1.807, 2.05) is 12.1 Å². The highest BCUT2D eigenvalue weighted by molar-refractivity contribution is 5.87. The van der Waals surface area contributed by atoms with Crippen LogP contribution in [-0.2, 0) is 0 Å². The van der Waals surface area contributed by atoms with Gasteiger partial charge in [0.2, 0.25) is 12.3 Å². The molecule has 0 saturated heterocycles. The smallest absolute Gasteiger partial charge is 0.231 e. The molecular weight excluding hydrogens is 601 g/mol. The molecule has 0 amide bonds. The summed E-state index contributed by atoms with van der Waals surface area (Å²) in [4.78, 5) is 0. The Morgan fingerprint density at radius 1 is 0.692 bits per heavy atom. The van der Waals surface area contributed by atoms with Gasteiger partial charge in [0.05, 0.1) is 25.7 Å². The summed E-state index contributed by atoms with van der Waals surface area (Å²) in [6, 6.07) is 29.7. The van der Waals surface area contributed by atoms with Gasteiger partial charge in [-0.25, -0.2) is 0 Å². The molecule has 5 nitrogen and oxygen atoms in total. The maximum atomic E-state index is 5.85. The van der Waals surface area contributed by atoms with Crippen molar-refractivity contribution in [1.82, 2.24) is 0 Å². The number of pyridine rings is 1. The summed E-state index contributed by atoms with van der Waals surface area (Å²) in [5.41, 5.74) is 7.61. The molecule has 0 aliphatic carbocycles. The SMILES string of the molecule is COc1cc(-c2cc3cc4c(cc3[n+](C(C)C)c2)OCO4)cc(-c2ccc(-c3ccccc3)cc2)c1OC.[I-]. The number of aromatic nitrogens is 1. The van der Waals surface area contributed by atoms with E-state index in [1.54, 1.807) is 14.2 Å².